The Balaban J connectivity index is 2.19. The van der Waals surface area contributed by atoms with Crippen LogP contribution in [0.5, 0.6) is 0 Å². The molecule has 0 fully saturated rings. The Labute approximate surface area is 127 Å². The van der Waals surface area contributed by atoms with Crippen LogP contribution >= 0.6 is 0 Å². The van der Waals surface area contributed by atoms with E-state index in [2.05, 4.69) is 66.7 Å². The highest BCUT2D eigenvalue weighted by Crippen LogP contribution is 2.39. The Morgan fingerprint density at radius 1 is 0.591 bits per heavy atom. The minimum absolute atomic E-state index is 0.0712. The average molecular weight is 282 g/mol. The van der Waals surface area contributed by atoms with Crippen LogP contribution in [0.3, 0.4) is 0 Å². The molecule has 5 aromatic carbocycles. The summed E-state index contributed by atoms with van der Waals surface area (Å²) in [5, 5.41) is 19.8. The standard InChI is InChI=1S/C21H14O/c22-12-16-11-15-10-14-4-1-2-6-17(14)19-9-8-13-5-3-7-18(16)20(13)21(15)19/h1-11,22H,12H2. The summed E-state index contributed by atoms with van der Waals surface area (Å²) in [5.41, 5.74) is 1.00. The molecule has 0 aromatic heterocycles. The molecule has 0 saturated carbocycles. The molecule has 0 heterocycles. The van der Waals surface area contributed by atoms with Crippen LogP contribution in [0, 0.1) is 0 Å². The van der Waals surface area contributed by atoms with Gasteiger partial charge in [0.15, 0.2) is 0 Å². The van der Waals surface area contributed by atoms with E-state index in [1.165, 1.54) is 37.7 Å². The van der Waals surface area contributed by atoms with Crippen LogP contribution in [0.4, 0.5) is 0 Å². The third-order valence-electron chi connectivity index (χ3n) is 4.74. The largest absolute Gasteiger partial charge is 0.392 e. The molecule has 5 rings (SSSR count). The van der Waals surface area contributed by atoms with Gasteiger partial charge in [0.05, 0.1) is 6.61 Å². The highest BCUT2D eigenvalue weighted by Gasteiger charge is 2.13. The molecule has 0 aliphatic rings. The molecule has 1 nitrogen and oxygen atoms in total. The lowest BCUT2D eigenvalue weighted by Gasteiger charge is -2.15. The second-order valence-electron chi connectivity index (χ2n) is 5.91. The minimum Gasteiger partial charge on any atom is -0.392 e. The average Bonchev–Trinajstić information content (AvgIpc) is 2.58. The number of hydrogen-bond acceptors (Lipinski definition) is 1. The molecule has 1 N–H and O–H groups in total. The van der Waals surface area contributed by atoms with Gasteiger partial charge in [-0.05, 0) is 60.8 Å². The first kappa shape index (κ1) is 12.0. The fraction of sp³-hybridized carbons (Fsp3) is 0.0476. The third-order valence-corrected chi connectivity index (χ3v) is 4.74. The van der Waals surface area contributed by atoms with Gasteiger partial charge in [-0.15, -0.1) is 0 Å². The van der Waals surface area contributed by atoms with E-state index >= 15 is 0 Å². The highest BCUT2D eigenvalue weighted by molar-refractivity contribution is 6.29. The molecule has 0 bridgehead atoms. The number of aliphatic hydroxyl groups is 1. The molecule has 0 aliphatic carbocycles. The summed E-state index contributed by atoms with van der Waals surface area (Å²) in [6.45, 7) is 0.0712. The van der Waals surface area contributed by atoms with E-state index in [9.17, 15) is 5.11 Å². The molecule has 0 amide bonds. The molecule has 0 aliphatic heterocycles. The van der Waals surface area contributed by atoms with Crippen LogP contribution in [-0.2, 0) is 6.61 Å². The summed E-state index contributed by atoms with van der Waals surface area (Å²) in [6.07, 6.45) is 0. The van der Waals surface area contributed by atoms with Crippen molar-refractivity contribution in [2.24, 2.45) is 0 Å². The first-order valence-electron chi connectivity index (χ1n) is 7.56. The fourth-order valence-electron chi connectivity index (χ4n) is 3.79. The van der Waals surface area contributed by atoms with Gasteiger partial charge in [0.25, 0.3) is 0 Å². The molecule has 104 valence electrons. The molecule has 0 spiro atoms. The number of hydrogen-bond donors (Lipinski definition) is 1. The van der Waals surface area contributed by atoms with Gasteiger partial charge in [0.2, 0.25) is 0 Å². The summed E-state index contributed by atoms with van der Waals surface area (Å²) in [6, 6.07) is 23.6. The molecular weight excluding hydrogens is 268 g/mol. The van der Waals surface area contributed by atoms with Gasteiger partial charge in [-0.25, -0.2) is 0 Å². The van der Waals surface area contributed by atoms with Gasteiger partial charge in [-0.1, -0.05) is 54.6 Å². The number of rotatable bonds is 1. The molecule has 0 unspecified atom stereocenters. The van der Waals surface area contributed by atoms with Crippen molar-refractivity contribution in [3.8, 4) is 0 Å². The topological polar surface area (TPSA) is 20.2 Å². The highest BCUT2D eigenvalue weighted by atomic mass is 16.3. The van der Waals surface area contributed by atoms with E-state index < -0.39 is 0 Å². The van der Waals surface area contributed by atoms with Crippen molar-refractivity contribution >= 4 is 43.1 Å². The van der Waals surface area contributed by atoms with E-state index in [1.807, 2.05) is 0 Å². The molecule has 0 radical (unpaired) electrons. The number of aliphatic hydroxyl groups excluding tert-OH is 1. The fourth-order valence-corrected chi connectivity index (χ4v) is 3.79. The van der Waals surface area contributed by atoms with E-state index in [1.54, 1.807) is 0 Å². The summed E-state index contributed by atoms with van der Waals surface area (Å²) < 4.78 is 0. The van der Waals surface area contributed by atoms with Crippen molar-refractivity contribution in [1.29, 1.82) is 0 Å². The Morgan fingerprint density at radius 2 is 1.36 bits per heavy atom. The summed E-state index contributed by atoms with van der Waals surface area (Å²) >= 11 is 0. The maximum atomic E-state index is 9.77. The molecule has 5 aromatic rings. The van der Waals surface area contributed by atoms with Crippen molar-refractivity contribution in [3.63, 3.8) is 0 Å². The maximum absolute atomic E-state index is 9.77. The van der Waals surface area contributed by atoms with Gasteiger partial charge in [0.1, 0.15) is 0 Å². The first-order chi connectivity index (χ1) is 10.9. The second kappa shape index (κ2) is 4.19. The van der Waals surface area contributed by atoms with Gasteiger partial charge in [0, 0.05) is 0 Å². The van der Waals surface area contributed by atoms with E-state index in [0.717, 1.165) is 10.9 Å². The van der Waals surface area contributed by atoms with Gasteiger partial charge < -0.3 is 5.11 Å². The van der Waals surface area contributed by atoms with Crippen LogP contribution in [0.1, 0.15) is 5.56 Å². The zero-order chi connectivity index (χ0) is 14.7. The second-order valence-corrected chi connectivity index (χ2v) is 5.91. The summed E-state index contributed by atoms with van der Waals surface area (Å²) in [7, 11) is 0. The smallest absolute Gasteiger partial charge is 0.0688 e. The Morgan fingerprint density at radius 3 is 2.27 bits per heavy atom. The quantitative estimate of drug-likeness (QED) is 0.330. The van der Waals surface area contributed by atoms with Gasteiger partial charge in [-0.3, -0.25) is 0 Å². The van der Waals surface area contributed by atoms with E-state index in [4.69, 9.17) is 0 Å². The summed E-state index contributed by atoms with van der Waals surface area (Å²) in [5.74, 6) is 0. The Kier molecular flexibility index (Phi) is 2.28. The normalized spacial score (nSPS) is 12.0. The Bertz CT molecular complexity index is 1150. The Hall–Kier alpha value is -2.64. The third kappa shape index (κ3) is 1.41. The summed E-state index contributed by atoms with van der Waals surface area (Å²) in [4.78, 5) is 0. The zero-order valence-corrected chi connectivity index (χ0v) is 12.0. The van der Waals surface area contributed by atoms with E-state index in [0.29, 0.717) is 0 Å². The van der Waals surface area contributed by atoms with Crippen LogP contribution in [0.15, 0.2) is 66.7 Å². The van der Waals surface area contributed by atoms with Gasteiger partial charge in [-0.2, -0.15) is 0 Å². The zero-order valence-electron chi connectivity index (χ0n) is 12.0. The van der Waals surface area contributed by atoms with Crippen LogP contribution < -0.4 is 0 Å². The lowest BCUT2D eigenvalue weighted by atomic mass is 9.89. The molecule has 0 saturated heterocycles. The minimum atomic E-state index is 0.0712. The lowest BCUT2D eigenvalue weighted by Crippen LogP contribution is -1.91. The van der Waals surface area contributed by atoms with Crippen LogP contribution in [-0.4, -0.2) is 5.11 Å². The van der Waals surface area contributed by atoms with E-state index in [-0.39, 0.29) is 6.61 Å². The predicted octanol–water partition coefficient (Wildman–Crippen LogP) is 5.23. The molecule has 22 heavy (non-hydrogen) atoms. The SMILES string of the molecule is OCc1cc2cc3ccccc3c3ccc4cccc1c4c23. The monoisotopic (exact) mass is 282 g/mol. The van der Waals surface area contributed by atoms with Crippen LogP contribution in [0.2, 0.25) is 0 Å². The van der Waals surface area contributed by atoms with Crippen molar-refractivity contribution in [2.75, 3.05) is 0 Å². The number of fused-ring (bicyclic) bond motifs is 2. The maximum Gasteiger partial charge on any atom is 0.0688 e. The van der Waals surface area contributed by atoms with Crippen molar-refractivity contribution < 1.29 is 5.11 Å². The van der Waals surface area contributed by atoms with Crippen molar-refractivity contribution in [1.82, 2.24) is 0 Å². The van der Waals surface area contributed by atoms with Crippen LogP contribution in [0.25, 0.3) is 43.1 Å². The van der Waals surface area contributed by atoms with Crippen molar-refractivity contribution in [3.05, 3.63) is 72.3 Å². The first-order valence-corrected chi connectivity index (χ1v) is 7.56. The molecule has 0 atom stereocenters. The van der Waals surface area contributed by atoms with Gasteiger partial charge >= 0.3 is 0 Å². The lowest BCUT2D eigenvalue weighted by molar-refractivity contribution is 0.283. The molecule has 1 heteroatoms. The van der Waals surface area contributed by atoms with Crippen molar-refractivity contribution in [2.45, 2.75) is 6.61 Å². The predicted molar refractivity (Wildman–Crippen MR) is 93.6 cm³/mol. The number of benzene rings is 5. The molecular formula is C21H14O.